The maximum atomic E-state index is 11.9. The Kier molecular flexibility index (Phi) is 4.64. The van der Waals surface area contributed by atoms with E-state index in [2.05, 4.69) is 5.32 Å². The van der Waals surface area contributed by atoms with Gasteiger partial charge in [0.25, 0.3) is 0 Å². The van der Waals surface area contributed by atoms with E-state index in [0.717, 1.165) is 0 Å². The molecule has 0 heterocycles. The standard InChI is InChI=1S/C16H16ClNO2/c1-11-4-2-3-5-12(11)6-9-16(20)18-15-8-7-13(19)10-14(15)17/h2-5,7-8,10,19H,6,9H2,1H3,(H,18,20). The van der Waals surface area contributed by atoms with Crippen LogP contribution < -0.4 is 5.32 Å². The van der Waals surface area contributed by atoms with Gasteiger partial charge in [-0.25, -0.2) is 0 Å². The number of nitrogens with one attached hydrogen (secondary N) is 1. The molecular formula is C16H16ClNO2. The molecule has 0 spiro atoms. The summed E-state index contributed by atoms with van der Waals surface area (Å²) in [7, 11) is 0. The highest BCUT2D eigenvalue weighted by atomic mass is 35.5. The van der Waals surface area contributed by atoms with Crippen molar-refractivity contribution in [1.82, 2.24) is 0 Å². The lowest BCUT2D eigenvalue weighted by molar-refractivity contribution is -0.116. The first kappa shape index (κ1) is 14.4. The molecule has 0 aliphatic rings. The fourth-order valence-corrected chi connectivity index (χ4v) is 2.18. The molecule has 0 aromatic heterocycles. The van der Waals surface area contributed by atoms with Gasteiger partial charge in [0, 0.05) is 12.5 Å². The summed E-state index contributed by atoms with van der Waals surface area (Å²) in [6.45, 7) is 2.03. The van der Waals surface area contributed by atoms with Gasteiger partial charge in [0.1, 0.15) is 5.75 Å². The third-order valence-electron chi connectivity index (χ3n) is 3.11. The molecule has 0 fully saturated rings. The van der Waals surface area contributed by atoms with Crippen molar-refractivity contribution in [2.45, 2.75) is 19.8 Å². The van der Waals surface area contributed by atoms with Crippen molar-refractivity contribution in [2.24, 2.45) is 0 Å². The number of carbonyl (C=O) groups is 1. The lowest BCUT2D eigenvalue weighted by Gasteiger charge is -2.08. The van der Waals surface area contributed by atoms with Crippen LogP contribution in [0, 0.1) is 6.92 Å². The summed E-state index contributed by atoms with van der Waals surface area (Å²) in [6.07, 6.45) is 1.08. The van der Waals surface area contributed by atoms with Crippen molar-refractivity contribution < 1.29 is 9.90 Å². The number of aryl methyl sites for hydroxylation is 2. The molecule has 4 heteroatoms. The molecule has 0 radical (unpaired) electrons. The van der Waals surface area contributed by atoms with Gasteiger partial charge in [-0.1, -0.05) is 35.9 Å². The molecule has 0 unspecified atom stereocenters. The molecule has 2 rings (SSSR count). The molecule has 2 N–H and O–H groups in total. The summed E-state index contributed by atoms with van der Waals surface area (Å²) in [6, 6.07) is 12.5. The first-order chi connectivity index (χ1) is 9.56. The average Bonchev–Trinajstić information content (AvgIpc) is 2.41. The lowest BCUT2D eigenvalue weighted by atomic mass is 10.0. The number of benzene rings is 2. The third kappa shape index (κ3) is 3.75. The van der Waals surface area contributed by atoms with Crippen molar-refractivity contribution in [3.05, 3.63) is 58.6 Å². The van der Waals surface area contributed by atoms with Crippen LogP contribution >= 0.6 is 11.6 Å². The number of phenols is 1. The zero-order chi connectivity index (χ0) is 14.5. The van der Waals surface area contributed by atoms with Crippen LogP contribution in [0.1, 0.15) is 17.5 Å². The van der Waals surface area contributed by atoms with E-state index in [1.165, 1.54) is 23.3 Å². The highest BCUT2D eigenvalue weighted by Crippen LogP contribution is 2.26. The van der Waals surface area contributed by atoms with E-state index in [9.17, 15) is 9.90 Å². The number of carbonyl (C=O) groups excluding carboxylic acids is 1. The molecule has 2 aromatic rings. The summed E-state index contributed by atoms with van der Waals surface area (Å²) in [5.74, 6) is -0.0197. The van der Waals surface area contributed by atoms with E-state index >= 15 is 0 Å². The van der Waals surface area contributed by atoms with E-state index in [4.69, 9.17) is 11.6 Å². The molecule has 0 saturated heterocycles. The molecule has 0 aliphatic carbocycles. The number of amides is 1. The quantitative estimate of drug-likeness (QED) is 0.838. The highest BCUT2D eigenvalue weighted by molar-refractivity contribution is 6.33. The molecule has 20 heavy (non-hydrogen) atoms. The molecular weight excluding hydrogens is 274 g/mol. The van der Waals surface area contributed by atoms with Crippen LogP contribution in [-0.4, -0.2) is 11.0 Å². The lowest BCUT2D eigenvalue weighted by Crippen LogP contribution is -2.12. The van der Waals surface area contributed by atoms with Crippen LogP contribution in [-0.2, 0) is 11.2 Å². The topological polar surface area (TPSA) is 49.3 Å². The second-order valence-electron chi connectivity index (χ2n) is 4.64. The molecule has 0 saturated carbocycles. The largest absolute Gasteiger partial charge is 0.508 e. The number of halogens is 1. The Labute approximate surface area is 123 Å². The number of phenolic OH excluding ortho intramolecular Hbond substituents is 1. The van der Waals surface area contributed by atoms with Gasteiger partial charge in [0.05, 0.1) is 10.7 Å². The molecule has 0 atom stereocenters. The third-order valence-corrected chi connectivity index (χ3v) is 3.42. The summed E-state index contributed by atoms with van der Waals surface area (Å²) in [5.41, 5.74) is 2.86. The summed E-state index contributed by atoms with van der Waals surface area (Å²) in [4.78, 5) is 11.9. The minimum Gasteiger partial charge on any atom is -0.508 e. The van der Waals surface area contributed by atoms with Gasteiger partial charge in [-0.2, -0.15) is 0 Å². The number of hydrogen-bond acceptors (Lipinski definition) is 2. The SMILES string of the molecule is Cc1ccccc1CCC(=O)Nc1ccc(O)cc1Cl. The Morgan fingerprint density at radius 1 is 1.25 bits per heavy atom. The predicted octanol–water partition coefficient (Wildman–Crippen LogP) is 3.93. The van der Waals surface area contributed by atoms with Gasteiger partial charge in [-0.3, -0.25) is 4.79 Å². The molecule has 2 aromatic carbocycles. The van der Waals surface area contributed by atoms with Gasteiger partial charge < -0.3 is 10.4 Å². The zero-order valence-corrected chi connectivity index (χ0v) is 11.9. The van der Waals surface area contributed by atoms with E-state index in [1.54, 1.807) is 6.07 Å². The maximum absolute atomic E-state index is 11.9. The fourth-order valence-electron chi connectivity index (χ4n) is 1.96. The van der Waals surface area contributed by atoms with Crippen molar-refractivity contribution in [1.29, 1.82) is 0 Å². The second-order valence-corrected chi connectivity index (χ2v) is 5.05. The van der Waals surface area contributed by atoms with E-state index in [1.807, 2.05) is 31.2 Å². The summed E-state index contributed by atoms with van der Waals surface area (Å²) in [5, 5.41) is 12.3. The first-order valence-electron chi connectivity index (χ1n) is 6.39. The van der Waals surface area contributed by atoms with Crippen molar-refractivity contribution in [3.8, 4) is 5.75 Å². The minimum atomic E-state index is -0.0964. The Bertz CT molecular complexity index is 626. The predicted molar refractivity (Wildman–Crippen MR) is 81.2 cm³/mol. The smallest absolute Gasteiger partial charge is 0.224 e. The highest BCUT2D eigenvalue weighted by Gasteiger charge is 2.07. The Hall–Kier alpha value is -2.00. The normalized spacial score (nSPS) is 10.3. The van der Waals surface area contributed by atoms with Gasteiger partial charge in [-0.15, -0.1) is 0 Å². The molecule has 3 nitrogen and oxygen atoms in total. The maximum Gasteiger partial charge on any atom is 0.224 e. The van der Waals surface area contributed by atoms with Crippen molar-refractivity contribution in [3.63, 3.8) is 0 Å². The van der Waals surface area contributed by atoms with E-state index in [-0.39, 0.29) is 11.7 Å². The zero-order valence-electron chi connectivity index (χ0n) is 11.2. The van der Waals surface area contributed by atoms with E-state index < -0.39 is 0 Å². The first-order valence-corrected chi connectivity index (χ1v) is 6.77. The fraction of sp³-hybridized carbons (Fsp3) is 0.188. The van der Waals surface area contributed by atoms with Crippen LogP contribution in [0.2, 0.25) is 5.02 Å². The Balaban J connectivity index is 1.94. The van der Waals surface area contributed by atoms with Crippen LogP contribution in [0.3, 0.4) is 0 Å². The van der Waals surface area contributed by atoms with Gasteiger partial charge >= 0.3 is 0 Å². The molecule has 104 valence electrons. The molecule has 0 bridgehead atoms. The Morgan fingerprint density at radius 2 is 2.00 bits per heavy atom. The Morgan fingerprint density at radius 3 is 2.70 bits per heavy atom. The van der Waals surface area contributed by atoms with Crippen LogP contribution in [0.25, 0.3) is 0 Å². The average molecular weight is 290 g/mol. The van der Waals surface area contributed by atoms with Crippen molar-refractivity contribution in [2.75, 3.05) is 5.32 Å². The van der Waals surface area contributed by atoms with Crippen molar-refractivity contribution >= 4 is 23.2 Å². The monoisotopic (exact) mass is 289 g/mol. The molecule has 1 amide bonds. The number of rotatable bonds is 4. The minimum absolute atomic E-state index is 0.0768. The van der Waals surface area contributed by atoms with Gasteiger partial charge in [-0.05, 0) is 36.6 Å². The summed E-state index contributed by atoms with van der Waals surface area (Å²) >= 11 is 5.94. The number of anilines is 1. The van der Waals surface area contributed by atoms with E-state index in [0.29, 0.717) is 23.6 Å². The summed E-state index contributed by atoms with van der Waals surface area (Å²) < 4.78 is 0. The number of aromatic hydroxyl groups is 1. The van der Waals surface area contributed by atoms with Gasteiger partial charge in [0.15, 0.2) is 0 Å². The second kappa shape index (κ2) is 6.44. The van der Waals surface area contributed by atoms with Crippen LogP contribution in [0.5, 0.6) is 5.75 Å². The number of hydrogen-bond donors (Lipinski definition) is 2. The van der Waals surface area contributed by atoms with Crippen LogP contribution in [0.15, 0.2) is 42.5 Å². The molecule has 0 aliphatic heterocycles. The van der Waals surface area contributed by atoms with Gasteiger partial charge in [0.2, 0.25) is 5.91 Å². The van der Waals surface area contributed by atoms with Crippen LogP contribution in [0.4, 0.5) is 5.69 Å².